The number of aryl methyl sites for hydroxylation is 1. The summed E-state index contributed by atoms with van der Waals surface area (Å²) in [4.78, 5) is 17.2. The van der Waals surface area contributed by atoms with Crippen LogP contribution < -0.4 is 5.32 Å². The van der Waals surface area contributed by atoms with Crippen LogP contribution in [0.1, 0.15) is 16.1 Å². The number of carbonyl (C=O) groups is 1. The van der Waals surface area contributed by atoms with Gasteiger partial charge in [0.05, 0.1) is 16.9 Å². The standard InChI is InChI=1S/C18H14N6O/c1-12-8-9-13-4-3-7-16(17(13)20-12)21-18(25)14-5-2-6-15(10-14)24-11-19-22-23-24/h2-11H,1H3,(H,21,25). The molecule has 0 aliphatic heterocycles. The van der Waals surface area contributed by atoms with E-state index in [1.807, 2.05) is 43.3 Å². The first-order valence-electron chi connectivity index (χ1n) is 7.72. The topological polar surface area (TPSA) is 85.6 Å². The molecule has 1 amide bonds. The van der Waals surface area contributed by atoms with E-state index in [0.717, 1.165) is 16.6 Å². The minimum atomic E-state index is -0.217. The molecule has 0 fully saturated rings. The van der Waals surface area contributed by atoms with Crippen LogP contribution in [0.3, 0.4) is 0 Å². The maximum atomic E-state index is 12.7. The number of nitrogens with one attached hydrogen (secondary N) is 1. The molecule has 25 heavy (non-hydrogen) atoms. The van der Waals surface area contributed by atoms with Crippen LogP contribution in [-0.4, -0.2) is 31.1 Å². The smallest absolute Gasteiger partial charge is 0.255 e. The van der Waals surface area contributed by atoms with Crippen LogP contribution in [0.2, 0.25) is 0 Å². The van der Waals surface area contributed by atoms with Crippen molar-refractivity contribution in [1.29, 1.82) is 0 Å². The molecule has 0 radical (unpaired) electrons. The molecule has 0 saturated heterocycles. The van der Waals surface area contributed by atoms with Crippen LogP contribution in [0.15, 0.2) is 60.9 Å². The number of hydrogen-bond acceptors (Lipinski definition) is 5. The van der Waals surface area contributed by atoms with E-state index < -0.39 is 0 Å². The number of fused-ring (bicyclic) bond motifs is 1. The lowest BCUT2D eigenvalue weighted by molar-refractivity contribution is 0.102. The summed E-state index contributed by atoms with van der Waals surface area (Å²) in [5.41, 5.74) is 3.57. The first-order chi connectivity index (χ1) is 12.2. The van der Waals surface area contributed by atoms with Gasteiger partial charge in [-0.25, -0.2) is 4.68 Å². The molecule has 4 aromatic rings. The summed E-state index contributed by atoms with van der Waals surface area (Å²) in [6.45, 7) is 1.92. The van der Waals surface area contributed by atoms with Gasteiger partial charge in [0.2, 0.25) is 0 Å². The van der Waals surface area contributed by atoms with E-state index >= 15 is 0 Å². The van der Waals surface area contributed by atoms with Crippen molar-refractivity contribution >= 4 is 22.5 Å². The third kappa shape index (κ3) is 2.94. The Morgan fingerprint density at radius 2 is 1.96 bits per heavy atom. The van der Waals surface area contributed by atoms with Crippen LogP contribution in [0.25, 0.3) is 16.6 Å². The van der Waals surface area contributed by atoms with E-state index in [1.165, 1.54) is 11.0 Å². The van der Waals surface area contributed by atoms with Gasteiger partial charge in [0.25, 0.3) is 5.91 Å². The van der Waals surface area contributed by atoms with E-state index in [2.05, 4.69) is 25.8 Å². The van der Waals surface area contributed by atoms with Crippen molar-refractivity contribution in [3.8, 4) is 5.69 Å². The fourth-order valence-electron chi connectivity index (χ4n) is 2.61. The molecule has 0 bridgehead atoms. The molecule has 0 spiro atoms. The minimum absolute atomic E-state index is 0.217. The van der Waals surface area contributed by atoms with E-state index in [4.69, 9.17) is 0 Å². The van der Waals surface area contributed by atoms with Crippen LogP contribution >= 0.6 is 0 Å². The number of para-hydroxylation sites is 1. The van der Waals surface area contributed by atoms with Gasteiger partial charge in [-0.1, -0.05) is 24.3 Å². The number of carbonyl (C=O) groups excluding carboxylic acids is 1. The van der Waals surface area contributed by atoms with Crippen LogP contribution in [0.5, 0.6) is 0 Å². The van der Waals surface area contributed by atoms with Crippen LogP contribution in [-0.2, 0) is 0 Å². The Morgan fingerprint density at radius 3 is 2.80 bits per heavy atom. The van der Waals surface area contributed by atoms with Crippen molar-refractivity contribution < 1.29 is 4.79 Å². The molecule has 0 atom stereocenters. The summed E-state index contributed by atoms with van der Waals surface area (Å²) in [5.74, 6) is -0.217. The largest absolute Gasteiger partial charge is 0.320 e. The average Bonchev–Trinajstić information content (AvgIpc) is 3.17. The zero-order valence-electron chi connectivity index (χ0n) is 13.4. The molecule has 2 aromatic heterocycles. The van der Waals surface area contributed by atoms with Crippen LogP contribution in [0.4, 0.5) is 5.69 Å². The number of benzene rings is 2. The van der Waals surface area contributed by atoms with Crippen molar-refractivity contribution in [1.82, 2.24) is 25.2 Å². The Bertz CT molecular complexity index is 1060. The molecular formula is C18H14N6O. The lowest BCUT2D eigenvalue weighted by Crippen LogP contribution is -2.13. The summed E-state index contributed by atoms with van der Waals surface area (Å²) >= 11 is 0. The average molecular weight is 330 g/mol. The molecule has 122 valence electrons. The Balaban J connectivity index is 1.67. The normalized spacial score (nSPS) is 10.8. The summed E-state index contributed by atoms with van der Waals surface area (Å²) in [7, 11) is 0. The summed E-state index contributed by atoms with van der Waals surface area (Å²) in [6, 6.07) is 16.7. The zero-order valence-corrected chi connectivity index (χ0v) is 13.4. The third-order valence-corrected chi connectivity index (χ3v) is 3.83. The quantitative estimate of drug-likeness (QED) is 0.624. The number of aromatic nitrogens is 5. The van der Waals surface area contributed by atoms with Gasteiger partial charge in [0.1, 0.15) is 6.33 Å². The fraction of sp³-hybridized carbons (Fsp3) is 0.0556. The van der Waals surface area contributed by atoms with Gasteiger partial charge in [0.15, 0.2) is 0 Å². The minimum Gasteiger partial charge on any atom is -0.320 e. The number of tetrazole rings is 1. The number of rotatable bonds is 3. The van der Waals surface area contributed by atoms with Crippen molar-refractivity contribution in [2.75, 3.05) is 5.32 Å². The monoisotopic (exact) mass is 330 g/mol. The highest BCUT2D eigenvalue weighted by atomic mass is 16.1. The van der Waals surface area contributed by atoms with E-state index in [1.54, 1.807) is 18.2 Å². The fourth-order valence-corrected chi connectivity index (χ4v) is 2.61. The van der Waals surface area contributed by atoms with Gasteiger partial charge in [-0.2, -0.15) is 0 Å². The zero-order chi connectivity index (χ0) is 17.2. The lowest BCUT2D eigenvalue weighted by atomic mass is 10.1. The van der Waals surface area contributed by atoms with Gasteiger partial charge in [0, 0.05) is 16.6 Å². The van der Waals surface area contributed by atoms with Crippen LogP contribution in [0, 0.1) is 6.92 Å². The Kier molecular flexibility index (Phi) is 3.66. The highest BCUT2D eigenvalue weighted by Gasteiger charge is 2.11. The second-order valence-corrected chi connectivity index (χ2v) is 5.59. The first-order valence-corrected chi connectivity index (χ1v) is 7.72. The van der Waals surface area contributed by atoms with E-state index in [-0.39, 0.29) is 5.91 Å². The summed E-state index contributed by atoms with van der Waals surface area (Å²) in [5, 5.41) is 15.0. The molecule has 0 aliphatic rings. The number of pyridine rings is 1. The van der Waals surface area contributed by atoms with Crippen molar-refractivity contribution in [3.63, 3.8) is 0 Å². The van der Waals surface area contributed by atoms with Gasteiger partial charge >= 0.3 is 0 Å². The molecular weight excluding hydrogens is 316 g/mol. The van der Waals surface area contributed by atoms with Crippen molar-refractivity contribution in [3.05, 3.63) is 72.2 Å². The highest BCUT2D eigenvalue weighted by Crippen LogP contribution is 2.22. The van der Waals surface area contributed by atoms with E-state index in [9.17, 15) is 4.79 Å². The Hall–Kier alpha value is -3.61. The second-order valence-electron chi connectivity index (χ2n) is 5.59. The summed E-state index contributed by atoms with van der Waals surface area (Å²) < 4.78 is 1.50. The maximum absolute atomic E-state index is 12.7. The SMILES string of the molecule is Cc1ccc2cccc(NC(=O)c3cccc(-n4cnnn4)c3)c2n1. The molecule has 7 nitrogen and oxygen atoms in total. The van der Waals surface area contributed by atoms with Gasteiger partial charge in [-0.15, -0.1) is 5.10 Å². The number of nitrogens with zero attached hydrogens (tertiary/aromatic N) is 5. The van der Waals surface area contributed by atoms with E-state index in [0.29, 0.717) is 16.9 Å². The molecule has 0 saturated carbocycles. The van der Waals surface area contributed by atoms with Crippen molar-refractivity contribution in [2.24, 2.45) is 0 Å². The Labute approximate surface area is 143 Å². The summed E-state index contributed by atoms with van der Waals surface area (Å²) in [6.07, 6.45) is 1.48. The Morgan fingerprint density at radius 1 is 1.08 bits per heavy atom. The number of anilines is 1. The molecule has 7 heteroatoms. The number of hydrogen-bond donors (Lipinski definition) is 1. The second kappa shape index (κ2) is 6.12. The molecule has 0 unspecified atom stereocenters. The molecule has 4 rings (SSSR count). The molecule has 2 aromatic carbocycles. The molecule has 0 aliphatic carbocycles. The number of amides is 1. The van der Waals surface area contributed by atoms with Gasteiger partial charge in [-0.3, -0.25) is 9.78 Å². The van der Waals surface area contributed by atoms with Gasteiger partial charge < -0.3 is 5.32 Å². The van der Waals surface area contributed by atoms with Gasteiger partial charge in [-0.05, 0) is 47.7 Å². The maximum Gasteiger partial charge on any atom is 0.255 e. The predicted molar refractivity (Wildman–Crippen MR) is 93.6 cm³/mol. The first kappa shape index (κ1) is 14.9. The third-order valence-electron chi connectivity index (χ3n) is 3.83. The highest BCUT2D eigenvalue weighted by molar-refractivity contribution is 6.08. The predicted octanol–water partition coefficient (Wildman–Crippen LogP) is 2.77. The van der Waals surface area contributed by atoms with Crippen molar-refractivity contribution in [2.45, 2.75) is 6.92 Å². The lowest BCUT2D eigenvalue weighted by Gasteiger charge is -2.09. The molecule has 2 heterocycles. The molecule has 1 N–H and O–H groups in total.